The highest BCUT2D eigenvalue weighted by Gasteiger charge is 2.14. The van der Waals surface area contributed by atoms with E-state index in [1.165, 1.54) is 0 Å². The number of benzene rings is 1. The van der Waals surface area contributed by atoms with Crippen LogP contribution in [0.5, 0.6) is 5.75 Å². The van der Waals surface area contributed by atoms with Crippen LogP contribution in [0, 0.1) is 0 Å². The highest BCUT2D eigenvalue weighted by atomic mass is 16.5. The van der Waals surface area contributed by atoms with Crippen LogP contribution in [-0.4, -0.2) is 38.1 Å². The molecule has 3 N–H and O–H groups in total. The van der Waals surface area contributed by atoms with Gasteiger partial charge in [-0.1, -0.05) is 0 Å². The second kappa shape index (κ2) is 5.43. The fraction of sp³-hybridized carbons (Fsp3) is 0.417. The van der Waals surface area contributed by atoms with Crippen molar-refractivity contribution in [3.8, 4) is 5.75 Å². The molecule has 0 fully saturated rings. The third-order valence-corrected chi connectivity index (χ3v) is 2.43. The number of hydrogen-bond acceptors (Lipinski definition) is 4. The Morgan fingerprint density at radius 1 is 1.47 bits per heavy atom. The molecular weight excluding hydrogens is 218 g/mol. The Hall–Kier alpha value is -1.91. The molecule has 1 aromatic rings. The number of ether oxygens (including phenoxy) is 1. The Morgan fingerprint density at radius 2 is 2.12 bits per heavy atom. The van der Waals surface area contributed by atoms with Gasteiger partial charge in [0.25, 0.3) is 0 Å². The van der Waals surface area contributed by atoms with Gasteiger partial charge in [0.1, 0.15) is 11.8 Å². The van der Waals surface area contributed by atoms with E-state index in [4.69, 9.17) is 10.5 Å². The smallest absolute Gasteiger partial charge is 0.244 e. The van der Waals surface area contributed by atoms with Gasteiger partial charge < -0.3 is 20.7 Å². The van der Waals surface area contributed by atoms with Crippen LogP contribution >= 0.6 is 0 Å². The van der Waals surface area contributed by atoms with E-state index < -0.39 is 0 Å². The predicted octanol–water partition coefficient (Wildman–Crippen LogP) is 1.17. The molecule has 0 aliphatic heterocycles. The molecule has 1 unspecified atom stereocenters. The van der Waals surface area contributed by atoms with Gasteiger partial charge in [-0.05, 0) is 19.1 Å². The van der Waals surface area contributed by atoms with E-state index in [-0.39, 0.29) is 11.9 Å². The van der Waals surface area contributed by atoms with Crippen LogP contribution in [0.25, 0.3) is 0 Å². The number of nitrogen functional groups attached to an aromatic ring is 1. The molecule has 94 valence electrons. The molecule has 0 saturated carbocycles. The maximum Gasteiger partial charge on any atom is 0.244 e. The van der Waals surface area contributed by atoms with E-state index in [0.29, 0.717) is 11.4 Å². The maximum absolute atomic E-state index is 11.7. The van der Waals surface area contributed by atoms with Gasteiger partial charge in [0, 0.05) is 25.8 Å². The fourth-order valence-corrected chi connectivity index (χ4v) is 1.50. The zero-order valence-electron chi connectivity index (χ0n) is 10.7. The molecule has 1 aromatic carbocycles. The monoisotopic (exact) mass is 237 g/mol. The molecule has 0 spiro atoms. The lowest BCUT2D eigenvalue weighted by molar-refractivity contribution is -0.129. The van der Waals surface area contributed by atoms with Gasteiger partial charge in [0.05, 0.1) is 12.8 Å². The third kappa shape index (κ3) is 3.27. The van der Waals surface area contributed by atoms with Gasteiger partial charge in [-0.15, -0.1) is 0 Å². The number of anilines is 2. The molecule has 1 rings (SSSR count). The Morgan fingerprint density at radius 3 is 2.65 bits per heavy atom. The van der Waals surface area contributed by atoms with Gasteiger partial charge in [-0.3, -0.25) is 4.79 Å². The largest absolute Gasteiger partial charge is 0.495 e. The molecule has 0 aliphatic carbocycles. The summed E-state index contributed by atoms with van der Waals surface area (Å²) in [4.78, 5) is 13.2. The molecule has 0 radical (unpaired) electrons. The molecule has 0 aromatic heterocycles. The van der Waals surface area contributed by atoms with Crippen molar-refractivity contribution in [2.45, 2.75) is 13.0 Å². The van der Waals surface area contributed by atoms with E-state index in [2.05, 4.69) is 5.32 Å². The normalized spacial score (nSPS) is 11.8. The van der Waals surface area contributed by atoms with Crippen LogP contribution in [-0.2, 0) is 4.79 Å². The summed E-state index contributed by atoms with van der Waals surface area (Å²) in [6, 6.07) is 5.04. The lowest BCUT2D eigenvalue weighted by Gasteiger charge is -2.19. The van der Waals surface area contributed by atoms with Crippen molar-refractivity contribution in [2.75, 3.05) is 32.3 Å². The van der Waals surface area contributed by atoms with Crippen molar-refractivity contribution in [2.24, 2.45) is 0 Å². The number of methoxy groups -OCH3 is 1. The summed E-state index contributed by atoms with van der Waals surface area (Å²) in [5, 5.41) is 3.10. The maximum atomic E-state index is 11.7. The van der Waals surface area contributed by atoms with Gasteiger partial charge in [0.15, 0.2) is 0 Å². The molecule has 0 bridgehead atoms. The molecule has 17 heavy (non-hydrogen) atoms. The van der Waals surface area contributed by atoms with Gasteiger partial charge >= 0.3 is 0 Å². The minimum atomic E-state index is -0.293. The van der Waals surface area contributed by atoms with Crippen LogP contribution in [0.4, 0.5) is 11.4 Å². The van der Waals surface area contributed by atoms with Crippen LogP contribution in [0.15, 0.2) is 18.2 Å². The molecule has 0 aliphatic rings. The number of nitrogens with one attached hydrogen (secondary N) is 1. The second-order valence-corrected chi connectivity index (χ2v) is 4.06. The number of carbonyl (C=O) groups excluding carboxylic acids is 1. The first-order valence-corrected chi connectivity index (χ1v) is 5.37. The number of likely N-dealkylation sites (N-methyl/N-ethyl adjacent to an activating group) is 1. The number of rotatable bonds is 4. The standard InChI is InChI=1S/C12H19N3O2/c1-8(12(16)15(2)3)14-9-5-6-10(13)11(7-9)17-4/h5-8,14H,13H2,1-4H3. The van der Waals surface area contributed by atoms with Gasteiger partial charge in [-0.25, -0.2) is 0 Å². The Bertz CT molecular complexity index is 405. The van der Waals surface area contributed by atoms with E-state index in [0.717, 1.165) is 5.69 Å². The summed E-state index contributed by atoms with van der Waals surface area (Å²) in [6.45, 7) is 1.81. The number of hydrogen-bond donors (Lipinski definition) is 2. The highest BCUT2D eigenvalue weighted by molar-refractivity contribution is 5.84. The molecule has 1 atom stereocenters. The van der Waals surface area contributed by atoms with Crippen LogP contribution < -0.4 is 15.8 Å². The minimum absolute atomic E-state index is 0.0146. The zero-order chi connectivity index (χ0) is 13.0. The van der Waals surface area contributed by atoms with Gasteiger partial charge in [0.2, 0.25) is 5.91 Å². The second-order valence-electron chi connectivity index (χ2n) is 4.06. The Labute approximate surface area is 102 Å². The topological polar surface area (TPSA) is 67.6 Å². The molecule has 5 heteroatoms. The number of nitrogens with two attached hydrogens (primary N) is 1. The Balaban J connectivity index is 2.78. The average molecular weight is 237 g/mol. The summed E-state index contributed by atoms with van der Waals surface area (Å²) >= 11 is 0. The first kappa shape index (κ1) is 13.2. The van der Waals surface area contributed by atoms with Crippen LogP contribution in [0.2, 0.25) is 0 Å². The number of amides is 1. The molecule has 1 amide bonds. The van der Waals surface area contributed by atoms with Gasteiger partial charge in [-0.2, -0.15) is 0 Å². The quantitative estimate of drug-likeness (QED) is 0.771. The van der Waals surface area contributed by atoms with E-state index in [1.54, 1.807) is 38.2 Å². The molecule has 5 nitrogen and oxygen atoms in total. The Kier molecular flexibility index (Phi) is 4.20. The third-order valence-electron chi connectivity index (χ3n) is 2.43. The molecule has 0 saturated heterocycles. The number of carbonyl (C=O) groups is 1. The summed E-state index contributed by atoms with van der Waals surface area (Å²) < 4.78 is 5.11. The lowest BCUT2D eigenvalue weighted by Crippen LogP contribution is -2.36. The fourth-order valence-electron chi connectivity index (χ4n) is 1.50. The highest BCUT2D eigenvalue weighted by Crippen LogP contribution is 2.25. The van der Waals surface area contributed by atoms with E-state index in [1.807, 2.05) is 13.0 Å². The van der Waals surface area contributed by atoms with Crippen LogP contribution in [0.3, 0.4) is 0 Å². The summed E-state index contributed by atoms with van der Waals surface area (Å²) in [6.07, 6.45) is 0. The predicted molar refractivity (Wildman–Crippen MR) is 69.2 cm³/mol. The van der Waals surface area contributed by atoms with Crippen molar-refractivity contribution in [3.63, 3.8) is 0 Å². The zero-order valence-corrected chi connectivity index (χ0v) is 10.7. The molecule has 0 heterocycles. The lowest BCUT2D eigenvalue weighted by atomic mass is 10.2. The average Bonchev–Trinajstić information content (AvgIpc) is 2.30. The first-order chi connectivity index (χ1) is 7.95. The molecular formula is C12H19N3O2. The van der Waals surface area contributed by atoms with Crippen molar-refractivity contribution >= 4 is 17.3 Å². The van der Waals surface area contributed by atoms with Crippen molar-refractivity contribution in [3.05, 3.63) is 18.2 Å². The van der Waals surface area contributed by atoms with Crippen molar-refractivity contribution < 1.29 is 9.53 Å². The summed E-state index contributed by atoms with van der Waals surface area (Å²) in [7, 11) is 5.01. The number of nitrogens with zero attached hydrogens (tertiary/aromatic N) is 1. The van der Waals surface area contributed by atoms with E-state index in [9.17, 15) is 4.79 Å². The summed E-state index contributed by atoms with van der Waals surface area (Å²) in [5.74, 6) is 0.611. The SMILES string of the molecule is COc1cc(NC(C)C(=O)N(C)C)ccc1N. The van der Waals surface area contributed by atoms with Crippen LogP contribution in [0.1, 0.15) is 6.92 Å². The summed E-state index contributed by atoms with van der Waals surface area (Å²) in [5.41, 5.74) is 7.09. The minimum Gasteiger partial charge on any atom is -0.495 e. The van der Waals surface area contributed by atoms with Crippen molar-refractivity contribution in [1.82, 2.24) is 4.90 Å². The van der Waals surface area contributed by atoms with E-state index >= 15 is 0 Å². The first-order valence-electron chi connectivity index (χ1n) is 5.37. The van der Waals surface area contributed by atoms with Crippen molar-refractivity contribution in [1.29, 1.82) is 0 Å².